The summed E-state index contributed by atoms with van der Waals surface area (Å²) in [5.74, 6) is 0.642. The Kier molecular flexibility index (Phi) is 4.93. The van der Waals surface area contributed by atoms with Gasteiger partial charge in [0.15, 0.2) is 5.78 Å². The maximum Gasteiger partial charge on any atom is 0.311 e. The van der Waals surface area contributed by atoms with Crippen molar-refractivity contribution in [1.82, 2.24) is 0 Å². The summed E-state index contributed by atoms with van der Waals surface area (Å²) in [6, 6.07) is 0. The number of fused-ring (bicyclic) bond motifs is 5. The van der Waals surface area contributed by atoms with Crippen LogP contribution in [0.4, 0.5) is 0 Å². The molecule has 7 atom stereocenters. The number of aliphatic hydroxyl groups is 1. The Morgan fingerprint density at radius 3 is 2.57 bits per heavy atom. The van der Waals surface area contributed by atoms with Crippen LogP contribution in [0.25, 0.3) is 0 Å². The van der Waals surface area contributed by atoms with E-state index >= 15 is 0 Å². The van der Waals surface area contributed by atoms with Gasteiger partial charge in [-0.2, -0.15) is 0 Å². The monoisotopic (exact) mass is 414 g/mol. The van der Waals surface area contributed by atoms with E-state index in [1.807, 2.05) is 33.8 Å². The third-order valence-electron chi connectivity index (χ3n) is 9.24. The zero-order valence-corrected chi connectivity index (χ0v) is 19.5. The standard InChI is InChI=1S/C26H38O4/c1-16(30-22(28)23(2,3)4)19-11-14-26(29)21-8-7-17-15-18(27)9-12-24(17,5)20(21)10-13-25(19,26)6/h7-8,15-16,19-21,29H,9-14H2,1-6H3/t16-,19+,20-,21+,24-,25+,26-/m0/s1. The Morgan fingerprint density at radius 1 is 1.20 bits per heavy atom. The van der Waals surface area contributed by atoms with Crippen LogP contribution in [0.5, 0.6) is 0 Å². The quantitative estimate of drug-likeness (QED) is 0.646. The predicted octanol–water partition coefficient (Wildman–Crippen LogP) is 5.00. The van der Waals surface area contributed by atoms with Crippen LogP contribution in [0.1, 0.15) is 80.1 Å². The zero-order chi connectivity index (χ0) is 22.1. The van der Waals surface area contributed by atoms with Gasteiger partial charge in [-0.15, -0.1) is 0 Å². The largest absolute Gasteiger partial charge is 0.462 e. The molecule has 0 aromatic heterocycles. The molecule has 4 aliphatic rings. The van der Waals surface area contributed by atoms with Gasteiger partial charge in [0.05, 0.1) is 11.0 Å². The SMILES string of the molecule is C[C@H](OC(=O)C(C)(C)C)[C@H]1CC[C@]2(O)[C@@H]3C=CC4=CC(=O)CC[C@]4(C)[C@H]3CC[C@]12C. The maximum atomic E-state index is 12.5. The molecule has 166 valence electrons. The molecule has 4 heteroatoms. The van der Waals surface area contributed by atoms with E-state index in [1.165, 1.54) is 0 Å². The average Bonchev–Trinajstić information content (AvgIpc) is 2.93. The van der Waals surface area contributed by atoms with E-state index in [1.54, 1.807) is 0 Å². The molecule has 0 spiro atoms. The Morgan fingerprint density at radius 2 is 1.90 bits per heavy atom. The third-order valence-corrected chi connectivity index (χ3v) is 9.24. The number of hydrogen-bond donors (Lipinski definition) is 1. The first-order valence-electron chi connectivity index (χ1n) is 11.7. The normalized spacial score (nSPS) is 43.9. The van der Waals surface area contributed by atoms with Crippen LogP contribution in [-0.2, 0) is 14.3 Å². The van der Waals surface area contributed by atoms with Gasteiger partial charge in [0.2, 0.25) is 0 Å². The molecule has 2 saturated carbocycles. The second-order valence-electron chi connectivity index (χ2n) is 11.9. The molecule has 0 heterocycles. The van der Waals surface area contributed by atoms with Crippen LogP contribution < -0.4 is 0 Å². The van der Waals surface area contributed by atoms with Crippen LogP contribution in [0.15, 0.2) is 23.8 Å². The number of esters is 1. The Labute approximate surface area is 181 Å². The average molecular weight is 415 g/mol. The van der Waals surface area contributed by atoms with Gasteiger partial charge in [0.1, 0.15) is 6.10 Å². The van der Waals surface area contributed by atoms with Gasteiger partial charge in [-0.05, 0) is 82.8 Å². The van der Waals surface area contributed by atoms with E-state index in [-0.39, 0.29) is 40.5 Å². The molecule has 2 fully saturated rings. The van der Waals surface area contributed by atoms with Crippen molar-refractivity contribution in [3.05, 3.63) is 23.8 Å². The van der Waals surface area contributed by atoms with E-state index in [0.29, 0.717) is 12.3 Å². The van der Waals surface area contributed by atoms with Gasteiger partial charge in [0, 0.05) is 23.7 Å². The summed E-state index contributed by atoms with van der Waals surface area (Å²) in [4.78, 5) is 24.5. The van der Waals surface area contributed by atoms with E-state index in [2.05, 4.69) is 26.0 Å². The van der Waals surface area contributed by atoms with Crippen LogP contribution in [0, 0.1) is 34.0 Å². The van der Waals surface area contributed by atoms with Crippen molar-refractivity contribution < 1.29 is 19.4 Å². The molecule has 4 aliphatic carbocycles. The molecule has 1 N–H and O–H groups in total. The van der Waals surface area contributed by atoms with Gasteiger partial charge < -0.3 is 9.84 Å². The van der Waals surface area contributed by atoms with Crippen molar-refractivity contribution in [2.45, 2.75) is 91.8 Å². The highest BCUT2D eigenvalue weighted by Gasteiger charge is 2.66. The summed E-state index contributed by atoms with van der Waals surface area (Å²) >= 11 is 0. The van der Waals surface area contributed by atoms with Gasteiger partial charge in [0.25, 0.3) is 0 Å². The molecule has 30 heavy (non-hydrogen) atoms. The molecule has 0 bridgehead atoms. The van der Waals surface area contributed by atoms with Gasteiger partial charge >= 0.3 is 5.97 Å². The first-order valence-corrected chi connectivity index (χ1v) is 11.7. The first-order chi connectivity index (χ1) is 13.8. The minimum atomic E-state index is -0.796. The van der Waals surface area contributed by atoms with Crippen LogP contribution in [0.3, 0.4) is 0 Å². The lowest BCUT2D eigenvalue weighted by Crippen LogP contribution is -2.60. The summed E-state index contributed by atoms with van der Waals surface area (Å²) in [6.45, 7) is 12.2. The molecule has 0 aromatic carbocycles. The summed E-state index contributed by atoms with van der Waals surface area (Å²) in [5, 5.41) is 12.2. The van der Waals surface area contributed by atoms with Crippen LogP contribution in [-0.4, -0.2) is 28.6 Å². The second kappa shape index (κ2) is 6.79. The van der Waals surface area contributed by atoms with Crippen molar-refractivity contribution in [1.29, 1.82) is 0 Å². The summed E-state index contributed by atoms with van der Waals surface area (Å²) in [6.07, 6.45) is 11.0. The van der Waals surface area contributed by atoms with Crippen molar-refractivity contribution in [2.75, 3.05) is 0 Å². The lowest BCUT2D eigenvalue weighted by Gasteiger charge is -2.60. The number of hydrogen-bond acceptors (Lipinski definition) is 4. The summed E-state index contributed by atoms with van der Waals surface area (Å²) < 4.78 is 5.90. The topological polar surface area (TPSA) is 63.6 Å². The van der Waals surface area contributed by atoms with E-state index in [4.69, 9.17) is 4.74 Å². The fraction of sp³-hybridized carbons (Fsp3) is 0.769. The molecule has 0 amide bonds. The fourth-order valence-corrected chi connectivity index (χ4v) is 7.19. The minimum Gasteiger partial charge on any atom is -0.462 e. The molecule has 0 unspecified atom stereocenters. The molecule has 0 aromatic rings. The molecule has 4 nitrogen and oxygen atoms in total. The predicted molar refractivity (Wildman–Crippen MR) is 117 cm³/mol. The van der Waals surface area contributed by atoms with Crippen molar-refractivity contribution in [2.24, 2.45) is 34.0 Å². The molecule has 0 aliphatic heterocycles. The van der Waals surface area contributed by atoms with Gasteiger partial charge in [-0.1, -0.05) is 26.0 Å². The number of ketones is 1. The minimum absolute atomic E-state index is 0.0349. The van der Waals surface area contributed by atoms with Crippen molar-refractivity contribution >= 4 is 11.8 Å². The lowest BCUT2D eigenvalue weighted by molar-refractivity contribution is -0.183. The lowest BCUT2D eigenvalue weighted by atomic mass is 9.47. The maximum absolute atomic E-state index is 12.5. The number of carbonyl (C=O) groups is 2. The Bertz CT molecular complexity index is 817. The van der Waals surface area contributed by atoms with Crippen molar-refractivity contribution in [3.8, 4) is 0 Å². The molecule has 4 rings (SSSR count). The number of rotatable bonds is 2. The summed E-state index contributed by atoms with van der Waals surface area (Å²) in [7, 11) is 0. The Balaban J connectivity index is 1.63. The van der Waals surface area contributed by atoms with Crippen molar-refractivity contribution in [3.63, 3.8) is 0 Å². The zero-order valence-electron chi connectivity index (χ0n) is 19.5. The highest BCUT2D eigenvalue weighted by atomic mass is 16.5. The highest BCUT2D eigenvalue weighted by molar-refractivity contribution is 5.92. The second-order valence-corrected chi connectivity index (χ2v) is 11.9. The number of allylic oxidation sites excluding steroid dienone is 3. The summed E-state index contributed by atoms with van der Waals surface area (Å²) in [5.41, 5.74) is -0.487. The molecular formula is C26H38O4. The van der Waals surface area contributed by atoms with Gasteiger partial charge in [-0.3, -0.25) is 9.59 Å². The van der Waals surface area contributed by atoms with E-state index in [0.717, 1.165) is 37.7 Å². The number of carbonyl (C=O) groups excluding carboxylic acids is 2. The first kappa shape index (κ1) is 21.8. The fourth-order valence-electron chi connectivity index (χ4n) is 7.19. The van der Waals surface area contributed by atoms with Crippen LogP contribution >= 0.6 is 0 Å². The molecule has 0 radical (unpaired) electrons. The van der Waals surface area contributed by atoms with E-state index < -0.39 is 11.0 Å². The molecule has 0 saturated heterocycles. The van der Waals surface area contributed by atoms with Gasteiger partial charge in [-0.25, -0.2) is 0 Å². The highest BCUT2D eigenvalue weighted by Crippen LogP contribution is 2.67. The number of ether oxygens (including phenoxy) is 1. The Hall–Kier alpha value is -1.42. The smallest absolute Gasteiger partial charge is 0.311 e. The third kappa shape index (κ3) is 2.97. The van der Waals surface area contributed by atoms with E-state index in [9.17, 15) is 14.7 Å². The van der Waals surface area contributed by atoms with Crippen LogP contribution in [0.2, 0.25) is 0 Å². The molecular weight excluding hydrogens is 376 g/mol.